The van der Waals surface area contributed by atoms with Crippen molar-refractivity contribution in [2.45, 2.75) is 32.2 Å². The van der Waals surface area contributed by atoms with Crippen LogP contribution in [0.4, 0.5) is 0 Å². The Morgan fingerprint density at radius 2 is 1.92 bits per heavy atom. The van der Waals surface area contributed by atoms with Gasteiger partial charge in [0.15, 0.2) is 0 Å². The SMILES string of the molecule is COc1ccc(CCN2CCC[C@@H]2c2c(C)nn(C)c2OC)cc1. The molecule has 0 spiro atoms. The standard InChI is InChI=1S/C19H27N3O2/c1-14-18(19(24-4)21(2)20-14)17-6-5-12-22(17)13-11-15-7-9-16(23-3)10-8-15/h7-10,17H,5-6,11-13H2,1-4H3/t17-/m1/s1. The first-order chi connectivity index (χ1) is 11.6. The van der Waals surface area contributed by atoms with E-state index in [4.69, 9.17) is 9.47 Å². The monoisotopic (exact) mass is 329 g/mol. The number of aromatic nitrogens is 2. The van der Waals surface area contributed by atoms with Crippen molar-refractivity contribution in [3.05, 3.63) is 41.1 Å². The summed E-state index contributed by atoms with van der Waals surface area (Å²) < 4.78 is 12.7. The van der Waals surface area contributed by atoms with E-state index in [1.54, 1.807) is 14.2 Å². The lowest BCUT2D eigenvalue weighted by Crippen LogP contribution is -2.26. The van der Waals surface area contributed by atoms with Crippen LogP contribution >= 0.6 is 0 Å². The maximum Gasteiger partial charge on any atom is 0.216 e. The van der Waals surface area contributed by atoms with Gasteiger partial charge in [0.25, 0.3) is 0 Å². The average molecular weight is 329 g/mol. The Bertz CT molecular complexity index is 679. The van der Waals surface area contributed by atoms with Crippen LogP contribution in [0.5, 0.6) is 11.6 Å². The Labute approximate surface area is 144 Å². The number of hydrogen-bond donors (Lipinski definition) is 0. The van der Waals surface area contributed by atoms with Crippen LogP contribution in [0.1, 0.15) is 35.7 Å². The number of rotatable bonds is 6. The number of likely N-dealkylation sites (tertiary alicyclic amines) is 1. The molecular weight excluding hydrogens is 302 g/mol. The molecule has 0 saturated carbocycles. The van der Waals surface area contributed by atoms with Gasteiger partial charge in [-0.2, -0.15) is 5.10 Å². The van der Waals surface area contributed by atoms with Gasteiger partial charge >= 0.3 is 0 Å². The quantitative estimate of drug-likeness (QED) is 0.816. The molecule has 130 valence electrons. The molecule has 0 bridgehead atoms. The van der Waals surface area contributed by atoms with Crippen molar-refractivity contribution >= 4 is 0 Å². The smallest absolute Gasteiger partial charge is 0.216 e. The molecule has 0 amide bonds. The summed E-state index contributed by atoms with van der Waals surface area (Å²) in [5.41, 5.74) is 3.68. The Kier molecular flexibility index (Phi) is 5.09. The topological polar surface area (TPSA) is 39.5 Å². The summed E-state index contributed by atoms with van der Waals surface area (Å²) >= 11 is 0. The summed E-state index contributed by atoms with van der Waals surface area (Å²) in [5.74, 6) is 1.81. The summed E-state index contributed by atoms with van der Waals surface area (Å²) in [5, 5.41) is 4.55. The van der Waals surface area contributed by atoms with Gasteiger partial charge in [0.2, 0.25) is 5.88 Å². The molecule has 1 aromatic carbocycles. The molecule has 1 aliphatic rings. The average Bonchev–Trinajstić information content (AvgIpc) is 3.16. The Balaban J connectivity index is 1.71. The van der Waals surface area contributed by atoms with Gasteiger partial charge in [-0.15, -0.1) is 0 Å². The molecule has 24 heavy (non-hydrogen) atoms. The maximum atomic E-state index is 5.61. The second kappa shape index (κ2) is 7.26. The second-order valence-electron chi connectivity index (χ2n) is 6.42. The zero-order valence-electron chi connectivity index (χ0n) is 15.1. The second-order valence-corrected chi connectivity index (χ2v) is 6.42. The Hall–Kier alpha value is -2.01. The molecular formula is C19H27N3O2. The Morgan fingerprint density at radius 1 is 1.17 bits per heavy atom. The minimum atomic E-state index is 0.409. The number of nitrogens with zero attached hydrogens (tertiary/aromatic N) is 3. The van der Waals surface area contributed by atoms with Crippen LogP contribution in [0, 0.1) is 6.92 Å². The van der Waals surface area contributed by atoms with Crippen LogP contribution in [-0.2, 0) is 13.5 Å². The minimum absolute atomic E-state index is 0.409. The van der Waals surface area contributed by atoms with E-state index in [9.17, 15) is 0 Å². The van der Waals surface area contributed by atoms with Crippen LogP contribution in [0.15, 0.2) is 24.3 Å². The van der Waals surface area contributed by atoms with Gasteiger partial charge < -0.3 is 9.47 Å². The highest BCUT2D eigenvalue weighted by molar-refractivity contribution is 5.35. The molecule has 1 saturated heterocycles. The molecule has 2 aromatic rings. The van der Waals surface area contributed by atoms with Crippen molar-refractivity contribution < 1.29 is 9.47 Å². The van der Waals surface area contributed by atoms with Crippen molar-refractivity contribution in [2.24, 2.45) is 7.05 Å². The van der Waals surface area contributed by atoms with E-state index in [0.29, 0.717) is 6.04 Å². The highest BCUT2D eigenvalue weighted by Gasteiger charge is 2.31. The zero-order chi connectivity index (χ0) is 17.1. The molecule has 0 aliphatic carbocycles. The van der Waals surface area contributed by atoms with Gasteiger partial charge in [-0.25, -0.2) is 4.68 Å². The molecule has 5 nitrogen and oxygen atoms in total. The van der Waals surface area contributed by atoms with Crippen molar-refractivity contribution in [2.75, 3.05) is 27.3 Å². The van der Waals surface area contributed by atoms with Gasteiger partial charge in [-0.3, -0.25) is 4.90 Å². The van der Waals surface area contributed by atoms with Crippen molar-refractivity contribution in [3.8, 4) is 11.6 Å². The highest BCUT2D eigenvalue weighted by Crippen LogP contribution is 2.38. The molecule has 3 rings (SSSR count). The molecule has 1 fully saturated rings. The lowest BCUT2D eigenvalue weighted by molar-refractivity contribution is 0.252. The van der Waals surface area contributed by atoms with Gasteiger partial charge in [0, 0.05) is 19.6 Å². The summed E-state index contributed by atoms with van der Waals surface area (Å²) in [4.78, 5) is 2.57. The van der Waals surface area contributed by atoms with E-state index < -0.39 is 0 Å². The predicted octanol–water partition coefficient (Wildman–Crippen LogP) is 3.13. The van der Waals surface area contributed by atoms with Gasteiger partial charge in [0.05, 0.1) is 25.5 Å². The number of aryl methyl sites for hydroxylation is 2. The zero-order valence-corrected chi connectivity index (χ0v) is 15.1. The van der Waals surface area contributed by atoms with E-state index in [2.05, 4.69) is 29.1 Å². The molecule has 0 radical (unpaired) electrons. The first-order valence-corrected chi connectivity index (χ1v) is 8.58. The third kappa shape index (κ3) is 3.26. The molecule has 1 aliphatic heterocycles. The van der Waals surface area contributed by atoms with Crippen LogP contribution < -0.4 is 9.47 Å². The molecule has 1 atom stereocenters. The van der Waals surface area contributed by atoms with E-state index in [1.165, 1.54) is 24.0 Å². The van der Waals surface area contributed by atoms with Crippen molar-refractivity contribution in [1.29, 1.82) is 0 Å². The van der Waals surface area contributed by atoms with Gasteiger partial charge in [-0.1, -0.05) is 12.1 Å². The van der Waals surface area contributed by atoms with Gasteiger partial charge in [0.1, 0.15) is 5.75 Å². The Morgan fingerprint density at radius 3 is 2.58 bits per heavy atom. The molecule has 5 heteroatoms. The van der Waals surface area contributed by atoms with Crippen molar-refractivity contribution in [3.63, 3.8) is 0 Å². The predicted molar refractivity (Wildman–Crippen MR) is 94.7 cm³/mol. The fourth-order valence-electron chi connectivity index (χ4n) is 3.76. The fraction of sp³-hybridized carbons (Fsp3) is 0.526. The largest absolute Gasteiger partial charge is 0.497 e. The third-order valence-electron chi connectivity index (χ3n) is 4.95. The summed E-state index contributed by atoms with van der Waals surface area (Å²) in [6.45, 7) is 4.27. The van der Waals surface area contributed by atoms with E-state index in [1.807, 2.05) is 23.9 Å². The van der Waals surface area contributed by atoms with Crippen LogP contribution in [0.25, 0.3) is 0 Å². The molecule has 2 heterocycles. The highest BCUT2D eigenvalue weighted by atomic mass is 16.5. The first kappa shape index (κ1) is 16.8. The minimum Gasteiger partial charge on any atom is -0.497 e. The van der Waals surface area contributed by atoms with Crippen LogP contribution in [0.2, 0.25) is 0 Å². The fourth-order valence-corrected chi connectivity index (χ4v) is 3.76. The van der Waals surface area contributed by atoms with E-state index in [-0.39, 0.29) is 0 Å². The lowest BCUT2D eigenvalue weighted by Gasteiger charge is -2.25. The summed E-state index contributed by atoms with van der Waals surface area (Å²) in [6.07, 6.45) is 3.44. The number of benzene rings is 1. The van der Waals surface area contributed by atoms with Crippen LogP contribution in [0.3, 0.4) is 0 Å². The van der Waals surface area contributed by atoms with E-state index in [0.717, 1.165) is 36.8 Å². The van der Waals surface area contributed by atoms with Crippen molar-refractivity contribution in [1.82, 2.24) is 14.7 Å². The molecule has 0 unspecified atom stereocenters. The summed E-state index contributed by atoms with van der Waals surface area (Å²) in [7, 11) is 5.38. The third-order valence-corrected chi connectivity index (χ3v) is 4.95. The first-order valence-electron chi connectivity index (χ1n) is 8.58. The van der Waals surface area contributed by atoms with Gasteiger partial charge in [-0.05, 0) is 50.4 Å². The molecule has 1 aromatic heterocycles. The number of hydrogen-bond acceptors (Lipinski definition) is 4. The van der Waals surface area contributed by atoms with Crippen LogP contribution in [-0.4, -0.2) is 42.0 Å². The molecule has 0 N–H and O–H groups in total. The van der Waals surface area contributed by atoms with E-state index >= 15 is 0 Å². The maximum absolute atomic E-state index is 5.61. The number of methoxy groups -OCH3 is 2. The summed E-state index contributed by atoms with van der Waals surface area (Å²) in [6, 6.07) is 8.78. The normalized spacial score (nSPS) is 18.1. The lowest BCUT2D eigenvalue weighted by atomic mass is 10.0. The number of ether oxygens (including phenoxy) is 2.